The summed E-state index contributed by atoms with van der Waals surface area (Å²) in [5.74, 6) is -0.558. The second-order valence-electron chi connectivity index (χ2n) is 7.42. The van der Waals surface area contributed by atoms with Gasteiger partial charge in [0.1, 0.15) is 0 Å². The summed E-state index contributed by atoms with van der Waals surface area (Å²) in [6.07, 6.45) is 0.00240. The number of esters is 1. The van der Waals surface area contributed by atoms with Gasteiger partial charge in [0.05, 0.1) is 28.1 Å². The molecule has 0 aliphatic heterocycles. The van der Waals surface area contributed by atoms with Crippen LogP contribution in [0.3, 0.4) is 0 Å². The van der Waals surface area contributed by atoms with Gasteiger partial charge >= 0.3 is 5.97 Å². The Balaban J connectivity index is 0.00000408. The molecule has 9 heteroatoms. The number of hydrogen-bond acceptors (Lipinski definition) is 6. The normalized spacial score (nSPS) is 12.0. The van der Waals surface area contributed by atoms with Crippen LogP contribution >= 0.6 is 24.0 Å². The van der Waals surface area contributed by atoms with Gasteiger partial charge in [0.2, 0.25) is 9.84 Å². The number of hydrogen-bond donors (Lipinski definition) is 2. The molecule has 0 aromatic heterocycles. The molecule has 6 nitrogen and oxygen atoms in total. The van der Waals surface area contributed by atoms with Crippen LogP contribution in [0.2, 0.25) is 5.02 Å². The molecule has 0 radical (unpaired) electrons. The van der Waals surface area contributed by atoms with E-state index in [0.717, 1.165) is 11.1 Å². The Bertz CT molecular complexity index is 1200. The molecular weight excluding hydrogens is 497 g/mol. The molecule has 0 aliphatic carbocycles. The van der Waals surface area contributed by atoms with E-state index in [1.54, 1.807) is 49.4 Å². The van der Waals surface area contributed by atoms with Gasteiger partial charge in [0.25, 0.3) is 0 Å². The number of sulfone groups is 1. The number of aliphatic hydroxyl groups excluding tert-OH is 1. The van der Waals surface area contributed by atoms with Crippen LogP contribution in [0.4, 0.5) is 0 Å². The maximum Gasteiger partial charge on any atom is 0.338 e. The molecule has 0 heterocycles. The topological polar surface area (TPSA) is 92.7 Å². The highest BCUT2D eigenvalue weighted by Crippen LogP contribution is 2.23. The van der Waals surface area contributed by atoms with Crippen molar-refractivity contribution in [3.8, 4) is 0 Å². The van der Waals surface area contributed by atoms with Crippen LogP contribution in [0.25, 0.3) is 0 Å². The molecule has 3 aromatic rings. The van der Waals surface area contributed by atoms with Gasteiger partial charge < -0.3 is 15.2 Å². The van der Waals surface area contributed by atoms with Gasteiger partial charge in [-0.05, 0) is 73.5 Å². The Morgan fingerprint density at radius 1 is 1.03 bits per heavy atom. The molecule has 1 atom stereocenters. The first kappa shape index (κ1) is 27.8. The van der Waals surface area contributed by atoms with Gasteiger partial charge in [-0.15, -0.1) is 12.4 Å². The van der Waals surface area contributed by atoms with E-state index in [0.29, 0.717) is 24.5 Å². The molecule has 182 valence electrons. The molecule has 0 bridgehead atoms. The third-order valence-electron chi connectivity index (χ3n) is 5.05. The Kier molecular flexibility index (Phi) is 10.5. The molecule has 0 saturated carbocycles. The van der Waals surface area contributed by atoms with Gasteiger partial charge in [0.15, 0.2) is 0 Å². The molecule has 0 saturated heterocycles. The third kappa shape index (κ3) is 7.29. The number of ether oxygens (including phenoxy) is 1. The fourth-order valence-corrected chi connectivity index (χ4v) is 4.78. The molecule has 3 rings (SSSR count). The van der Waals surface area contributed by atoms with E-state index in [4.69, 9.17) is 16.3 Å². The minimum atomic E-state index is -3.76. The highest BCUT2D eigenvalue weighted by molar-refractivity contribution is 7.91. The second-order valence-corrected chi connectivity index (χ2v) is 9.81. The first-order valence-corrected chi connectivity index (χ1v) is 12.4. The number of rotatable bonds is 10. The Labute approximate surface area is 211 Å². The van der Waals surface area contributed by atoms with Crippen molar-refractivity contribution >= 4 is 39.8 Å². The van der Waals surface area contributed by atoms with Crippen LogP contribution in [0.15, 0.2) is 82.6 Å². The minimum absolute atomic E-state index is 0. The predicted octanol–water partition coefficient (Wildman–Crippen LogP) is 4.64. The number of carbonyl (C=O) groups is 1. The molecule has 0 spiro atoms. The smallest absolute Gasteiger partial charge is 0.338 e. The van der Waals surface area contributed by atoms with E-state index in [9.17, 15) is 18.3 Å². The average molecular weight is 524 g/mol. The van der Waals surface area contributed by atoms with Crippen molar-refractivity contribution in [3.05, 3.63) is 94.5 Å². The molecule has 3 aromatic carbocycles. The molecular formula is C25H27Cl2NO5S. The van der Waals surface area contributed by atoms with E-state index in [1.807, 2.05) is 6.07 Å². The number of aliphatic hydroxyl groups is 1. The Morgan fingerprint density at radius 3 is 2.41 bits per heavy atom. The monoisotopic (exact) mass is 523 g/mol. The number of benzene rings is 3. The fraction of sp³-hybridized carbons (Fsp3) is 0.240. The third-order valence-corrected chi connectivity index (χ3v) is 7.05. The van der Waals surface area contributed by atoms with Gasteiger partial charge in [-0.1, -0.05) is 41.9 Å². The highest BCUT2D eigenvalue weighted by atomic mass is 35.5. The van der Waals surface area contributed by atoms with E-state index >= 15 is 0 Å². The predicted molar refractivity (Wildman–Crippen MR) is 135 cm³/mol. The summed E-state index contributed by atoms with van der Waals surface area (Å²) in [7, 11) is -3.76. The quantitative estimate of drug-likeness (QED) is 0.297. The summed E-state index contributed by atoms with van der Waals surface area (Å²) in [4.78, 5) is 12.1. The van der Waals surface area contributed by atoms with Crippen LogP contribution in [0.5, 0.6) is 0 Å². The van der Waals surface area contributed by atoms with Crippen molar-refractivity contribution in [2.75, 3.05) is 19.7 Å². The Morgan fingerprint density at radius 2 is 1.74 bits per heavy atom. The number of carbonyl (C=O) groups excluding carboxylic acids is 1. The van der Waals surface area contributed by atoms with Crippen LogP contribution in [0, 0.1) is 0 Å². The van der Waals surface area contributed by atoms with Crippen molar-refractivity contribution < 1.29 is 23.1 Å². The van der Waals surface area contributed by atoms with Crippen molar-refractivity contribution in [1.82, 2.24) is 5.32 Å². The van der Waals surface area contributed by atoms with Gasteiger partial charge in [-0.2, -0.15) is 0 Å². The molecule has 2 N–H and O–H groups in total. The first-order chi connectivity index (χ1) is 15.8. The maximum atomic E-state index is 13.0. The summed E-state index contributed by atoms with van der Waals surface area (Å²) in [5.41, 5.74) is 1.90. The standard InChI is InChI=1S/C25H26ClNO5S.ClH/c1-2-32-25(29)20-6-4-8-23(16-20)33(30,31)22-11-9-18(10-12-22)13-14-27-17-24(28)19-5-3-7-21(26)15-19;/h3-12,15-16,24,27-28H,2,13-14,17H2,1H3;1H/t24-;/m1./s1. The molecule has 0 aliphatic rings. The maximum absolute atomic E-state index is 13.0. The zero-order valence-corrected chi connectivity index (χ0v) is 21.0. The lowest BCUT2D eigenvalue weighted by atomic mass is 10.1. The number of halogens is 2. The van der Waals surface area contributed by atoms with Crippen LogP contribution in [-0.4, -0.2) is 39.2 Å². The van der Waals surface area contributed by atoms with Crippen molar-refractivity contribution in [2.24, 2.45) is 0 Å². The lowest BCUT2D eigenvalue weighted by Crippen LogP contribution is -2.23. The molecule has 0 amide bonds. The van der Waals surface area contributed by atoms with E-state index in [-0.39, 0.29) is 34.4 Å². The number of nitrogens with one attached hydrogen (secondary N) is 1. The van der Waals surface area contributed by atoms with E-state index < -0.39 is 21.9 Å². The van der Waals surface area contributed by atoms with Crippen LogP contribution in [-0.2, 0) is 21.0 Å². The van der Waals surface area contributed by atoms with Crippen molar-refractivity contribution in [3.63, 3.8) is 0 Å². The largest absolute Gasteiger partial charge is 0.462 e. The van der Waals surface area contributed by atoms with Gasteiger partial charge in [-0.25, -0.2) is 13.2 Å². The summed E-state index contributed by atoms with van der Waals surface area (Å²) in [6, 6.07) is 19.6. The molecule has 0 unspecified atom stereocenters. The molecule has 34 heavy (non-hydrogen) atoms. The first-order valence-electron chi connectivity index (χ1n) is 10.6. The zero-order chi connectivity index (χ0) is 23.8. The van der Waals surface area contributed by atoms with Crippen LogP contribution < -0.4 is 5.32 Å². The summed E-state index contributed by atoms with van der Waals surface area (Å²) < 4.78 is 30.9. The van der Waals surface area contributed by atoms with Gasteiger partial charge in [0, 0.05) is 11.6 Å². The summed E-state index contributed by atoms with van der Waals surface area (Å²) in [6.45, 7) is 2.90. The second kappa shape index (κ2) is 12.9. The zero-order valence-electron chi connectivity index (χ0n) is 18.6. The SMILES string of the molecule is CCOC(=O)c1cccc(S(=O)(=O)c2ccc(CCNC[C@@H](O)c3cccc(Cl)c3)cc2)c1.Cl. The summed E-state index contributed by atoms with van der Waals surface area (Å²) in [5, 5.41) is 14.0. The lowest BCUT2D eigenvalue weighted by molar-refractivity contribution is 0.0526. The fourth-order valence-electron chi connectivity index (χ4n) is 3.28. The van der Waals surface area contributed by atoms with Crippen molar-refractivity contribution in [2.45, 2.75) is 29.2 Å². The van der Waals surface area contributed by atoms with Crippen molar-refractivity contribution in [1.29, 1.82) is 0 Å². The summed E-state index contributed by atoms with van der Waals surface area (Å²) >= 11 is 5.95. The highest BCUT2D eigenvalue weighted by Gasteiger charge is 2.19. The van der Waals surface area contributed by atoms with Gasteiger partial charge in [-0.3, -0.25) is 0 Å². The minimum Gasteiger partial charge on any atom is -0.462 e. The Hall–Kier alpha value is -2.42. The van der Waals surface area contributed by atoms with E-state index in [1.165, 1.54) is 24.3 Å². The van der Waals surface area contributed by atoms with E-state index in [2.05, 4.69) is 5.32 Å². The average Bonchev–Trinajstić information content (AvgIpc) is 2.82. The lowest BCUT2D eigenvalue weighted by Gasteiger charge is -2.13. The van der Waals surface area contributed by atoms with Crippen LogP contribution in [0.1, 0.15) is 34.5 Å². The molecule has 0 fully saturated rings.